The van der Waals surface area contributed by atoms with Crippen molar-refractivity contribution in [1.29, 1.82) is 0 Å². The number of nitrogens with zero attached hydrogens (tertiary/aromatic N) is 1. The number of quaternary nitrogens is 1. The topological polar surface area (TPSA) is 53.9 Å². The molecule has 1 saturated heterocycles. The second-order valence-electron chi connectivity index (χ2n) is 8.37. The molecule has 1 fully saturated rings. The van der Waals surface area contributed by atoms with Gasteiger partial charge in [-0.25, -0.2) is 8.42 Å². The van der Waals surface area contributed by atoms with Crippen molar-refractivity contribution in [3.63, 3.8) is 0 Å². The number of rotatable bonds is 8. The van der Waals surface area contributed by atoms with Crippen LogP contribution in [0.2, 0.25) is 0 Å². The highest BCUT2D eigenvalue weighted by atomic mass is 32.2. The molecule has 0 aliphatic carbocycles. The van der Waals surface area contributed by atoms with E-state index < -0.39 is 9.84 Å². The third kappa shape index (κ3) is 6.42. The van der Waals surface area contributed by atoms with E-state index in [1.54, 1.807) is 0 Å². The van der Waals surface area contributed by atoms with Gasteiger partial charge in [-0.05, 0) is 70.5 Å². The highest BCUT2D eigenvalue weighted by Crippen LogP contribution is 2.19. The number of anilines is 1. The molecule has 0 saturated carbocycles. The SMILES string of the molecule is CCc1ccc(NC(=S)N(CC[NH+](C(C)C)C(C)C)[C@@H]2CCS(=O)(=O)C2)cc1. The van der Waals surface area contributed by atoms with Crippen LogP contribution >= 0.6 is 12.2 Å². The molecule has 2 N–H and O–H groups in total. The van der Waals surface area contributed by atoms with Gasteiger partial charge in [0, 0.05) is 11.7 Å². The Kier molecular flexibility index (Phi) is 8.28. The summed E-state index contributed by atoms with van der Waals surface area (Å²) in [5, 5.41) is 3.96. The number of hydrogen-bond donors (Lipinski definition) is 2. The van der Waals surface area contributed by atoms with E-state index >= 15 is 0 Å². The largest absolute Gasteiger partial charge is 0.339 e. The molecule has 0 unspecified atom stereocenters. The molecule has 7 heteroatoms. The van der Waals surface area contributed by atoms with Crippen LogP contribution < -0.4 is 10.2 Å². The summed E-state index contributed by atoms with van der Waals surface area (Å²) in [6.45, 7) is 12.7. The lowest BCUT2D eigenvalue weighted by Gasteiger charge is -2.34. The number of nitrogens with one attached hydrogen (secondary N) is 2. The first-order valence-electron chi connectivity index (χ1n) is 10.4. The van der Waals surface area contributed by atoms with Crippen LogP contribution in [-0.4, -0.2) is 61.2 Å². The lowest BCUT2D eigenvalue weighted by molar-refractivity contribution is -0.941. The molecule has 0 bridgehead atoms. The average molecular weight is 427 g/mol. The van der Waals surface area contributed by atoms with E-state index in [-0.39, 0.29) is 17.5 Å². The van der Waals surface area contributed by atoms with Gasteiger partial charge in [0.2, 0.25) is 0 Å². The Bertz CT molecular complexity index is 737. The molecular formula is C21H36N3O2S2+. The number of hydrogen-bond acceptors (Lipinski definition) is 3. The first kappa shape index (κ1) is 23.1. The molecule has 2 rings (SSSR count). The van der Waals surface area contributed by atoms with Crippen molar-refractivity contribution < 1.29 is 13.3 Å². The highest BCUT2D eigenvalue weighted by molar-refractivity contribution is 7.91. The van der Waals surface area contributed by atoms with Crippen molar-refractivity contribution >= 4 is 32.9 Å². The second kappa shape index (κ2) is 10.0. The molecule has 1 aromatic carbocycles. The zero-order valence-electron chi connectivity index (χ0n) is 17.9. The van der Waals surface area contributed by atoms with Gasteiger partial charge in [-0.15, -0.1) is 0 Å². The van der Waals surface area contributed by atoms with Crippen molar-refractivity contribution in [3.8, 4) is 0 Å². The van der Waals surface area contributed by atoms with Gasteiger partial charge < -0.3 is 15.1 Å². The monoisotopic (exact) mass is 426 g/mol. The summed E-state index contributed by atoms with van der Waals surface area (Å²) < 4.78 is 24.1. The molecule has 1 atom stereocenters. The Hall–Kier alpha value is -1.18. The van der Waals surface area contributed by atoms with E-state index in [1.165, 1.54) is 10.5 Å². The maximum Gasteiger partial charge on any atom is 0.173 e. The van der Waals surface area contributed by atoms with Gasteiger partial charge in [0.15, 0.2) is 14.9 Å². The van der Waals surface area contributed by atoms with E-state index in [4.69, 9.17) is 12.2 Å². The Balaban J connectivity index is 2.13. The summed E-state index contributed by atoms with van der Waals surface area (Å²) >= 11 is 5.72. The number of benzene rings is 1. The third-order valence-electron chi connectivity index (χ3n) is 5.65. The maximum atomic E-state index is 12.1. The van der Waals surface area contributed by atoms with Crippen LogP contribution in [0.3, 0.4) is 0 Å². The van der Waals surface area contributed by atoms with Gasteiger partial charge in [0.25, 0.3) is 0 Å². The van der Waals surface area contributed by atoms with Crippen LogP contribution in [0.1, 0.15) is 46.6 Å². The molecule has 5 nitrogen and oxygen atoms in total. The van der Waals surface area contributed by atoms with Gasteiger partial charge >= 0.3 is 0 Å². The van der Waals surface area contributed by atoms with E-state index in [0.29, 0.717) is 23.6 Å². The smallest absolute Gasteiger partial charge is 0.173 e. The normalized spacial score (nSPS) is 18.8. The van der Waals surface area contributed by atoms with Crippen LogP contribution in [0.25, 0.3) is 0 Å². The van der Waals surface area contributed by atoms with Gasteiger partial charge in [-0.2, -0.15) is 0 Å². The summed E-state index contributed by atoms with van der Waals surface area (Å²) in [5.74, 6) is 0.454. The first-order valence-corrected chi connectivity index (χ1v) is 12.6. The van der Waals surface area contributed by atoms with Gasteiger partial charge in [0.1, 0.15) is 0 Å². The molecule has 1 heterocycles. The highest BCUT2D eigenvalue weighted by Gasteiger charge is 2.34. The summed E-state index contributed by atoms with van der Waals surface area (Å²) in [6, 6.07) is 9.25. The molecule has 0 radical (unpaired) electrons. The Morgan fingerprint density at radius 3 is 2.29 bits per heavy atom. The molecule has 0 aromatic heterocycles. The van der Waals surface area contributed by atoms with Crippen LogP contribution in [0.4, 0.5) is 5.69 Å². The standard InChI is InChI=1S/C21H35N3O2S2/c1-6-18-7-9-19(10-8-18)22-21(27)24(20-11-14-28(25,26)15-20)13-12-23(16(2)3)17(4)5/h7-10,16-17,20H,6,11-15H2,1-5H3,(H,22,27)/p+1/t20-/m1/s1. The molecule has 0 spiro atoms. The summed E-state index contributed by atoms with van der Waals surface area (Å²) in [7, 11) is -2.96. The average Bonchev–Trinajstić information content (AvgIpc) is 2.98. The van der Waals surface area contributed by atoms with Crippen molar-refractivity contribution in [2.75, 3.05) is 29.9 Å². The minimum Gasteiger partial charge on any atom is -0.339 e. The Labute approximate surface area is 176 Å². The Morgan fingerprint density at radius 1 is 1.21 bits per heavy atom. The molecule has 28 heavy (non-hydrogen) atoms. The molecule has 1 aromatic rings. The third-order valence-corrected chi connectivity index (χ3v) is 7.73. The molecule has 158 valence electrons. The van der Waals surface area contributed by atoms with Crippen molar-refractivity contribution in [1.82, 2.24) is 4.90 Å². The molecular weight excluding hydrogens is 390 g/mol. The van der Waals surface area contributed by atoms with Gasteiger partial charge in [-0.3, -0.25) is 0 Å². The predicted octanol–water partition coefficient (Wildman–Crippen LogP) is 2.14. The molecule has 0 amide bonds. The second-order valence-corrected chi connectivity index (χ2v) is 11.0. The summed E-state index contributed by atoms with van der Waals surface area (Å²) in [6.07, 6.45) is 1.65. The zero-order chi connectivity index (χ0) is 20.9. The van der Waals surface area contributed by atoms with Gasteiger partial charge in [-0.1, -0.05) is 19.1 Å². The Morgan fingerprint density at radius 2 is 1.82 bits per heavy atom. The molecule has 1 aliphatic heterocycles. The first-order chi connectivity index (χ1) is 13.1. The lowest BCUT2D eigenvalue weighted by atomic mass is 10.1. The molecule has 1 aliphatic rings. The van der Waals surface area contributed by atoms with E-state index in [2.05, 4.69) is 57.0 Å². The van der Waals surface area contributed by atoms with E-state index in [9.17, 15) is 8.42 Å². The summed E-state index contributed by atoms with van der Waals surface area (Å²) in [4.78, 5) is 3.61. The number of sulfone groups is 1. The fourth-order valence-corrected chi connectivity index (χ4v) is 6.07. The number of aryl methyl sites for hydroxylation is 1. The maximum absolute atomic E-state index is 12.1. The summed E-state index contributed by atoms with van der Waals surface area (Å²) in [5.41, 5.74) is 2.23. The number of thiocarbonyl (C=S) groups is 1. The van der Waals surface area contributed by atoms with Crippen LogP contribution in [-0.2, 0) is 16.3 Å². The van der Waals surface area contributed by atoms with Crippen LogP contribution in [0.15, 0.2) is 24.3 Å². The minimum absolute atomic E-state index is 0.0412. The minimum atomic E-state index is -2.96. The van der Waals surface area contributed by atoms with E-state index in [0.717, 1.165) is 25.2 Å². The van der Waals surface area contributed by atoms with Crippen LogP contribution in [0.5, 0.6) is 0 Å². The zero-order valence-corrected chi connectivity index (χ0v) is 19.5. The predicted molar refractivity (Wildman–Crippen MR) is 122 cm³/mol. The van der Waals surface area contributed by atoms with Crippen LogP contribution in [0, 0.1) is 0 Å². The van der Waals surface area contributed by atoms with E-state index in [1.807, 2.05) is 12.1 Å². The fourth-order valence-electron chi connectivity index (χ4n) is 3.98. The van der Waals surface area contributed by atoms with Crippen molar-refractivity contribution in [2.45, 2.75) is 65.6 Å². The fraction of sp³-hybridized carbons (Fsp3) is 0.667. The lowest BCUT2D eigenvalue weighted by Crippen LogP contribution is -3.18. The quantitative estimate of drug-likeness (QED) is 0.624. The van der Waals surface area contributed by atoms with Gasteiger partial charge in [0.05, 0.1) is 36.7 Å². The van der Waals surface area contributed by atoms with Crippen molar-refractivity contribution in [3.05, 3.63) is 29.8 Å². The van der Waals surface area contributed by atoms with Crippen molar-refractivity contribution in [2.24, 2.45) is 0 Å².